The standard InChI is InChI=1S/C19H13Cl3N2O3S/c20-12-6-5-11(15(22)8-12)7-18(26)27-9-17(25)24-19-23-16(10-28-19)13-3-1-2-4-14(13)21/h1-6,8,10H,7,9H2,(H,23,24,25). The fourth-order valence-electron chi connectivity index (χ4n) is 2.30. The molecule has 0 fully saturated rings. The molecule has 0 radical (unpaired) electrons. The molecule has 0 unspecified atom stereocenters. The van der Waals surface area contributed by atoms with Crippen molar-refractivity contribution in [3.05, 3.63) is 68.5 Å². The Morgan fingerprint density at radius 3 is 2.61 bits per heavy atom. The second kappa shape index (κ2) is 9.39. The molecule has 144 valence electrons. The topological polar surface area (TPSA) is 68.3 Å². The van der Waals surface area contributed by atoms with Crippen molar-refractivity contribution >= 4 is 63.1 Å². The Balaban J connectivity index is 1.52. The van der Waals surface area contributed by atoms with Crippen molar-refractivity contribution in [2.24, 2.45) is 0 Å². The van der Waals surface area contributed by atoms with Crippen molar-refractivity contribution in [1.29, 1.82) is 0 Å². The van der Waals surface area contributed by atoms with Crippen molar-refractivity contribution < 1.29 is 14.3 Å². The lowest BCUT2D eigenvalue weighted by Crippen LogP contribution is -2.21. The number of nitrogens with one attached hydrogen (secondary N) is 1. The van der Waals surface area contributed by atoms with Gasteiger partial charge in [-0.1, -0.05) is 59.1 Å². The first-order valence-electron chi connectivity index (χ1n) is 8.02. The highest BCUT2D eigenvalue weighted by Crippen LogP contribution is 2.30. The number of hydrogen-bond acceptors (Lipinski definition) is 5. The SMILES string of the molecule is O=C(COC(=O)Cc1ccc(Cl)cc1Cl)Nc1nc(-c2ccccc2Cl)cs1. The Morgan fingerprint density at radius 1 is 1.07 bits per heavy atom. The number of benzene rings is 2. The van der Waals surface area contributed by atoms with Gasteiger partial charge >= 0.3 is 5.97 Å². The third-order valence-electron chi connectivity index (χ3n) is 3.61. The smallest absolute Gasteiger partial charge is 0.310 e. The molecule has 0 atom stereocenters. The van der Waals surface area contributed by atoms with Crippen molar-refractivity contribution in [2.45, 2.75) is 6.42 Å². The molecule has 3 rings (SSSR count). The molecule has 5 nitrogen and oxygen atoms in total. The molecule has 0 aliphatic rings. The minimum Gasteiger partial charge on any atom is -0.455 e. The van der Waals surface area contributed by atoms with E-state index in [1.807, 2.05) is 18.2 Å². The molecule has 1 heterocycles. The molecule has 1 amide bonds. The van der Waals surface area contributed by atoms with Gasteiger partial charge in [0.2, 0.25) is 0 Å². The highest BCUT2D eigenvalue weighted by Gasteiger charge is 2.13. The summed E-state index contributed by atoms with van der Waals surface area (Å²) < 4.78 is 4.99. The monoisotopic (exact) mass is 454 g/mol. The van der Waals surface area contributed by atoms with Gasteiger partial charge in [-0.3, -0.25) is 14.9 Å². The summed E-state index contributed by atoms with van der Waals surface area (Å²) in [5, 5.41) is 6.17. The molecule has 0 aliphatic carbocycles. The van der Waals surface area contributed by atoms with Crippen molar-refractivity contribution in [3.8, 4) is 11.3 Å². The van der Waals surface area contributed by atoms with E-state index in [-0.39, 0.29) is 6.42 Å². The number of nitrogens with zero attached hydrogens (tertiary/aromatic N) is 1. The quantitative estimate of drug-likeness (QED) is 0.499. The van der Waals surface area contributed by atoms with Crippen LogP contribution >= 0.6 is 46.1 Å². The third kappa shape index (κ3) is 5.45. The maximum Gasteiger partial charge on any atom is 0.310 e. The van der Waals surface area contributed by atoms with Gasteiger partial charge in [0.25, 0.3) is 5.91 Å². The number of halogens is 3. The Bertz CT molecular complexity index is 1020. The molecule has 0 aliphatic heterocycles. The molecule has 28 heavy (non-hydrogen) atoms. The zero-order chi connectivity index (χ0) is 20.1. The highest BCUT2D eigenvalue weighted by molar-refractivity contribution is 7.14. The number of ether oxygens (including phenoxy) is 1. The van der Waals surface area contributed by atoms with Crippen LogP contribution in [0.4, 0.5) is 5.13 Å². The Morgan fingerprint density at radius 2 is 1.86 bits per heavy atom. The van der Waals surface area contributed by atoms with Crippen molar-refractivity contribution in [2.75, 3.05) is 11.9 Å². The lowest BCUT2D eigenvalue weighted by Gasteiger charge is -2.06. The lowest BCUT2D eigenvalue weighted by atomic mass is 10.1. The molecule has 1 N–H and O–H groups in total. The molecule has 9 heteroatoms. The second-order valence-electron chi connectivity index (χ2n) is 5.64. The van der Waals surface area contributed by atoms with Gasteiger partial charge in [-0.2, -0.15) is 0 Å². The molecule has 0 saturated heterocycles. The average Bonchev–Trinajstić information content (AvgIpc) is 3.11. The van der Waals surface area contributed by atoms with E-state index in [1.165, 1.54) is 17.4 Å². The third-order valence-corrected chi connectivity index (χ3v) is 5.29. The summed E-state index contributed by atoms with van der Waals surface area (Å²) in [5.74, 6) is -1.06. The second-order valence-corrected chi connectivity index (χ2v) is 7.75. The summed E-state index contributed by atoms with van der Waals surface area (Å²) in [7, 11) is 0. The fraction of sp³-hybridized carbons (Fsp3) is 0.105. The first-order chi connectivity index (χ1) is 13.4. The molecule has 2 aromatic carbocycles. The Labute approximate surface area is 180 Å². The van der Waals surface area contributed by atoms with Gasteiger partial charge in [-0.15, -0.1) is 11.3 Å². The van der Waals surface area contributed by atoms with E-state index in [4.69, 9.17) is 39.5 Å². The largest absolute Gasteiger partial charge is 0.455 e. The Kier molecular flexibility index (Phi) is 6.91. The normalized spacial score (nSPS) is 10.5. The number of aromatic nitrogens is 1. The van der Waals surface area contributed by atoms with E-state index in [0.29, 0.717) is 31.5 Å². The van der Waals surface area contributed by atoms with Crippen LogP contribution in [-0.2, 0) is 20.7 Å². The number of hydrogen-bond donors (Lipinski definition) is 1. The van der Waals surface area contributed by atoms with Crippen LogP contribution in [0.25, 0.3) is 11.3 Å². The van der Waals surface area contributed by atoms with E-state index in [1.54, 1.807) is 23.6 Å². The van der Waals surface area contributed by atoms with Crippen LogP contribution in [0.5, 0.6) is 0 Å². The number of thiazole rings is 1. The molecule has 0 spiro atoms. The molecular weight excluding hydrogens is 443 g/mol. The zero-order valence-corrected chi connectivity index (χ0v) is 17.3. The lowest BCUT2D eigenvalue weighted by molar-refractivity contribution is -0.146. The summed E-state index contributed by atoms with van der Waals surface area (Å²) in [5.41, 5.74) is 1.99. The zero-order valence-electron chi connectivity index (χ0n) is 14.2. The van der Waals surface area contributed by atoms with Crippen LogP contribution < -0.4 is 5.32 Å². The van der Waals surface area contributed by atoms with E-state index < -0.39 is 18.5 Å². The number of esters is 1. The molecular formula is C19H13Cl3N2O3S. The van der Waals surface area contributed by atoms with Crippen LogP contribution in [0.1, 0.15) is 5.56 Å². The van der Waals surface area contributed by atoms with Crippen LogP contribution in [0, 0.1) is 0 Å². The first-order valence-corrected chi connectivity index (χ1v) is 10.0. The van der Waals surface area contributed by atoms with Gasteiger partial charge in [0.15, 0.2) is 11.7 Å². The molecule has 1 aromatic heterocycles. The number of anilines is 1. The van der Waals surface area contributed by atoms with Crippen molar-refractivity contribution in [1.82, 2.24) is 4.98 Å². The number of rotatable bonds is 6. The van der Waals surface area contributed by atoms with E-state index in [2.05, 4.69) is 10.3 Å². The predicted octanol–water partition coefficient (Wildman–Crippen LogP) is 5.49. The Hall–Kier alpha value is -2.12. The van der Waals surface area contributed by atoms with Gasteiger partial charge in [0, 0.05) is 26.0 Å². The summed E-state index contributed by atoms with van der Waals surface area (Å²) in [6, 6.07) is 12.1. The fourth-order valence-corrected chi connectivity index (χ4v) is 3.73. The predicted molar refractivity (Wildman–Crippen MR) is 112 cm³/mol. The number of carbonyl (C=O) groups excluding carboxylic acids is 2. The molecule has 0 saturated carbocycles. The van der Waals surface area contributed by atoms with Gasteiger partial charge in [0.05, 0.1) is 12.1 Å². The van der Waals surface area contributed by atoms with Gasteiger partial charge < -0.3 is 4.74 Å². The van der Waals surface area contributed by atoms with Gasteiger partial charge in [-0.25, -0.2) is 4.98 Å². The number of amides is 1. The summed E-state index contributed by atoms with van der Waals surface area (Å²) >= 11 is 19.2. The minimum absolute atomic E-state index is 0.0583. The van der Waals surface area contributed by atoms with E-state index >= 15 is 0 Å². The summed E-state index contributed by atoms with van der Waals surface area (Å²) in [6.07, 6.45) is -0.0583. The summed E-state index contributed by atoms with van der Waals surface area (Å²) in [6.45, 7) is -0.426. The van der Waals surface area contributed by atoms with Gasteiger partial charge in [0.1, 0.15) is 0 Å². The first kappa shape index (κ1) is 20.6. The van der Waals surface area contributed by atoms with Crippen molar-refractivity contribution in [3.63, 3.8) is 0 Å². The molecule has 3 aromatic rings. The minimum atomic E-state index is -0.574. The van der Waals surface area contributed by atoms with Crippen LogP contribution in [0.2, 0.25) is 15.1 Å². The maximum absolute atomic E-state index is 12.0. The summed E-state index contributed by atoms with van der Waals surface area (Å²) in [4.78, 5) is 28.2. The van der Waals surface area contributed by atoms with Crippen LogP contribution in [0.15, 0.2) is 47.8 Å². The highest BCUT2D eigenvalue weighted by atomic mass is 35.5. The van der Waals surface area contributed by atoms with E-state index in [0.717, 1.165) is 5.56 Å². The average molecular weight is 456 g/mol. The van der Waals surface area contributed by atoms with Crippen LogP contribution in [-0.4, -0.2) is 23.5 Å². The maximum atomic E-state index is 12.0. The number of carbonyl (C=O) groups is 2. The van der Waals surface area contributed by atoms with E-state index in [9.17, 15) is 9.59 Å². The van der Waals surface area contributed by atoms with Gasteiger partial charge in [-0.05, 0) is 23.8 Å². The van der Waals surface area contributed by atoms with Crippen LogP contribution in [0.3, 0.4) is 0 Å². The molecule has 0 bridgehead atoms.